The van der Waals surface area contributed by atoms with Crippen molar-refractivity contribution in [1.82, 2.24) is 24.9 Å². The summed E-state index contributed by atoms with van der Waals surface area (Å²) < 4.78 is 13.0. The summed E-state index contributed by atoms with van der Waals surface area (Å²) in [5, 5.41) is 4.26. The van der Waals surface area contributed by atoms with Gasteiger partial charge in [-0.2, -0.15) is 0 Å². The summed E-state index contributed by atoms with van der Waals surface area (Å²) in [4.78, 5) is 23.9. The van der Waals surface area contributed by atoms with Crippen molar-refractivity contribution in [3.05, 3.63) is 152 Å². The lowest BCUT2D eigenvalue weighted by atomic mass is 9.94. The number of para-hydroxylation sites is 4. The smallest absolute Gasteiger partial charge is 0.182 e. The summed E-state index contributed by atoms with van der Waals surface area (Å²) >= 11 is 0. The number of furan rings is 2. The second-order valence-electron chi connectivity index (χ2n) is 12.1. The summed E-state index contributed by atoms with van der Waals surface area (Å²) in [7, 11) is 0. The fraction of sp³-hybridized carbons (Fsp3) is 0. The van der Waals surface area contributed by atoms with Gasteiger partial charge in [-0.3, -0.25) is 9.97 Å². The molecule has 0 aliphatic carbocycles. The van der Waals surface area contributed by atoms with E-state index in [0.717, 1.165) is 71.7 Å². The topological polar surface area (TPSA) is 90.7 Å². The number of rotatable bonds is 5. The third kappa shape index (κ3) is 4.64. The molecule has 0 bridgehead atoms. The van der Waals surface area contributed by atoms with Gasteiger partial charge in [0, 0.05) is 50.6 Å². The molecule has 0 spiro atoms. The van der Waals surface area contributed by atoms with Gasteiger partial charge >= 0.3 is 0 Å². The van der Waals surface area contributed by atoms with Crippen LogP contribution in [0.1, 0.15) is 0 Å². The van der Waals surface area contributed by atoms with Crippen LogP contribution in [0.25, 0.3) is 101 Å². The molecule has 0 fully saturated rings. The van der Waals surface area contributed by atoms with E-state index < -0.39 is 0 Å². The maximum Gasteiger partial charge on any atom is 0.182 e. The van der Waals surface area contributed by atoms with E-state index in [4.69, 9.17) is 23.8 Å². The number of hydrogen-bond acceptors (Lipinski definition) is 7. The molecule has 5 aromatic carbocycles. The Morgan fingerprint density at radius 3 is 1.30 bits per heavy atom. The van der Waals surface area contributed by atoms with Crippen LogP contribution in [0.15, 0.2) is 161 Å². The molecule has 5 heterocycles. The average molecular weight is 644 g/mol. The Kier molecular flexibility index (Phi) is 6.35. The quantitative estimate of drug-likeness (QED) is 0.184. The summed E-state index contributed by atoms with van der Waals surface area (Å²) in [6.45, 7) is 0. The molecule has 7 heteroatoms. The van der Waals surface area contributed by atoms with E-state index in [9.17, 15) is 0 Å². The molecule has 0 amide bonds. The van der Waals surface area contributed by atoms with E-state index in [1.807, 2.05) is 72.8 Å². The first-order valence-corrected chi connectivity index (χ1v) is 16.3. The van der Waals surface area contributed by atoms with Crippen LogP contribution in [-0.4, -0.2) is 24.9 Å². The third-order valence-corrected chi connectivity index (χ3v) is 9.05. The molecule has 10 rings (SSSR count). The molecule has 0 unspecified atom stereocenters. The SMILES string of the molecule is c1ccc(-c2nc(-c3cc(-c4cccc5c4oc4ccccc45)cc(-c4cccc5c4oc4ccccc45)c3)nc(-c3ccccn3)n2)nc1. The maximum absolute atomic E-state index is 6.52. The van der Waals surface area contributed by atoms with Gasteiger partial charge in [-0.15, -0.1) is 0 Å². The van der Waals surface area contributed by atoms with Crippen LogP contribution in [0, 0.1) is 0 Å². The van der Waals surface area contributed by atoms with Crippen molar-refractivity contribution in [3.63, 3.8) is 0 Å². The molecule has 10 aromatic rings. The van der Waals surface area contributed by atoms with Crippen LogP contribution < -0.4 is 0 Å². The lowest BCUT2D eigenvalue weighted by Crippen LogP contribution is -2.02. The molecule has 234 valence electrons. The molecule has 50 heavy (non-hydrogen) atoms. The minimum atomic E-state index is 0.460. The van der Waals surface area contributed by atoms with E-state index in [1.54, 1.807) is 12.4 Å². The normalized spacial score (nSPS) is 11.6. The molecular formula is C43H25N5O2. The van der Waals surface area contributed by atoms with E-state index in [1.165, 1.54) is 0 Å². The summed E-state index contributed by atoms with van der Waals surface area (Å²) in [5.74, 6) is 1.42. The molecule has 5 aromatic heterocycles. The van der Waals surface area contributed by atoms with Gasteiger partial charge in [0.05, 0.1) is 0 Å². The van der Waals surface area contributed by atoms with Crippen molar-refractivity contribution < 1.29 is 8.83 Å². The molecule has 0 aliphatic heterocycles. The first-order valence-electron chi connectivity index (χ1n) is 16.3. The van der Waals surface area contributed by atoms with Crippen LogP contribution in [0.5, 0.6) is 0 Å². The van der Waals surface area contributed by atoms with Gasteiger partial charge < -0.3 is 8.83 Å². The monoisotopic (exact) mass is 643 g/mol. The van der Waals surface area contributed by atoms with Crippen molar-refractivity contribution >= 4 is 43.9 Å². The summed E-state index contributed by atoms with van der Waals surface area (Å²) in [6.07, 6.45) is 3.47. The highest BCUT2D eigenvalue weighted by atomic mass is 16.3. The summed E-state index contributed by atoms with van der Waals surface area (Å²) in [5.41, 5.74) is 9.24. The van der Waals surface area contributed by atoms with Crippen LogP contribution in [0.4, 0.5) is 0 Å². The second-order valence-corrected chi connectivity index (χ2v) is 12.1. The van der Waals surface area contributed by atoms with Crippen LogP contribution in [0.2, 0.25) is 0 Å². The third-order valence-electron chi connectivity index (χ3n) is 9.05. The van der Waals surface area contributed by atoms with Gasteiger partial charge in [0.25, 0.3) is 0 Å². The Hall–Kier alpha value is -6.99. The Balaban J connectivity index is 1.26. The molecule has 0 N–H and O–H groups in total. The fourth-order valence-electron chi connectivity index (χ4n) is 6.74. The van der Waals surface area contributed by atoms with E-state index >= 15 is 0 Å². The standard InChI is InChI=1S/C43H25N5O2/c1-3-19-37-31(11-1)33-15-9-13-29(39(33)49-37)26-23-27(30-14-10-16-34-32-12-2-4-20-38(32)50-40(30)34)25-28(24-26)41-46-42(35-17-5-7-21-44-35)48-43(47-41)36-18-6-8-22-45-36/h1-25H. The zero-order valence-electron chi connectivity index (χ0n) is 26.5. The molecule has 0 saturated carbocycles. The molecule has 0 atom stereocenters. The predicted molar refractivity (Wildman–Crippen MR) is 197 cm³/mol. The number of benzene rings is 5. The number of pyridine rings is 2. The number of aromatic nitrogens is 5. The second kappa shape index (κ2) is 11.3. The van der Waals surface area contributed by atoms with Crippen LogP contribution in [0.3, 0.4) is 0 Å². The zero-order valence-corrected chi connectivity index (χ0v) is 26.5. The van der Waals surface area contributed by atoms with Gasteiger partial charge in [-0.05, 0) is 65.7 Å². The Morgan fingerprint density at radius 2 is 0.800 bits per heavy atom. The Labute approximate surface area is 285 Å². The van der Waals surface area contributed by atoms with Crippen molar-refractivity contribution in [1.29, 1.82) is 0 Å². The molecule has 0 saturated heterocycles. The predicted octanol–water partition coefficient (Wildman–Crippen LogP) is 10.8. The van der Waals surface area contributed by atoms with Crippen molar-refractivity contribution in [2.75, 3.05) is 0 Å². The number of nitrogens with zero attached hydrogens (tertiary/aromatic N) is 5. The fourth-order valence-corrected chi connectivity index (χ4v) is 6.74. The maximum atomic E-state index is 6.52. The van der Waals surface area contributed by atoms with Crippen molar-refractivity contribution in [2.24, 2.45) is 0 Å². The lowest BCUT2D eigenvalue weighted by Gasteiger charge is -2.12. The van der Waals surface area contributed by atoms with E-state index in [2.05, 4.69) is 76.7 Å². The lowest BCUT2D eigenvalue weighted by molar-refractivity contribution is 0.670. The highest BCUT2D eigenvalue weighted by Crippen LogP contribution is 2.41. The van der Waals surface area contributed by atoms with Crippen LogP contribution >= 0.6 is 0 Å². The van der Waals surface area contributed by atoms with Gasteiger partial charge in [-0.1, -0.05) is 84.9 Å². The van der Waals surface area contributed by atoms with E-state index in [-0.39, 0.29) is 0 Å². The van der Waals surface area contributed by atoms with Crippen LogP contribution in [-0.2, 0) is 0 Å². The molecule has 7 nitrogen and oxygen atoms in total. The number of fused-ring (bicyclic) bond motifs is 6. The molecule has 0 radical (unpaired) electrons. The average Bonchev–Trinajstić information content (AvgIpc) is 3.77. The van der Waals surface area contributed by atoms with Crippen molar-refractivity contribution in [3.8, 4) is 56.7 Å². The van der Waals surface area contributed by atoms with Gasteiger partial charge in [-0.25, -0.2) is 15.0 Å². The molecule has 0 aliphatic rings. The number of hydrogen-bond donors (Lipinski definition) is 0. The van der Waals surface area contributed by atoms with Gasteiger partial charge in [0.1, 0.15) is 33.7 Å². The Bertz CT molecular complexity index is 2690. The largest absolute Gasteiger partial charge is 0.455 e. The van der Waals surface area contributed by atoms with E-state index in [0.29, 0.717) is 28.9 Å². The van der Waals surface area contributed by atoms with Gasteiger partial charge in [0.2, 0.25) is 0 Å². The first-order chi connectivity index (χ1) is 24.8. The Morgan fingerprint density at radius 1 is 0.360 bits per heavy atom. The van der Waals surface area contributed by atoms with Gasteiger partial charge in [0.15, 0.2) is 17.5 Å². The molecular weight excluding hydrogens is 619 g/mol. The minimum Gasteiger partial charge on any atom is -0.455 e. The van der Waals surface area contributed by atoms with Crippen molar-refractivity contribution in [2.45, 2.75) is 0 Å². The highest BCUT2D eigenvalue weighted by Gasteiger charge is 2.19. The zero-order chi connectivity index (χ0) is 33.0. The highest BCUT2D eigenvalue weighted by molar-refractivity contribution is 6.11. The minimum absolute atomic E-state index is 0.460. The first kappa shape index (κ1) is 28.1. The summed E-state index contributed by atoms with van der Waals surface area (Å²) in [6, 6.07) is 46.6.